The molecule has 0 radical (unpaired) electrons. The third-order valence-corrected chi connectivity index (χ3v) is 6.34. The van der Waals surface area contributed by atoms with Gasteiger partial charge in [0.2, 0.25) is 0 Å². The Morgan fingerprint density at radius 2 is 1.94 bits per heavy atom. The van der Waals surface area contributed by atoms with E-state index < -0.39 is 0 Å². The molecule has 0 aromatic heterocycles. The fourth-order valence-electron chi connectivity index (χ4n) is 3.99. The van der Waals surface area contributed by atoms with Crippen molar-refractivity contribution in [2.45, 2.75) is 57.0 Å². The van der Waals surface area contributed by atoms with Gasteiger partial charge in [-0.2, -0.15) is 11.8 Å². The second-order valence-corrected chi connectivity index (χ2v) is 7.93. The zero-order valence-corrected chi connectivity index (χ0v) is 12.6. The Labute approximate surface area is 116 Å². The molecule has 1 unspecified atom stereocenters. The predicted molar refractivity (Wildman–Crippen MR) is 80.3 cm³/mol. The highest BCUT2D eigenvalue weighted by atomic mass is 32.2. The lowest BCUT2D eigenvalue weighted by Crippen LogP contribution is -2.63. The third-order valence-electron chi connectivity index (χ3n) is 5.30. The van der Waals surface area contributed by atoms with E-state index in [1.54, 1.807) is 0 Å². The molecular weight excluding hydrogens is 240 g/mol. The second kappa shape index (κ2) is 5.72. The van der Waals surface area contributed by atoms with Crippen molar-refractivity contribution >= 4 is 11.8 Å². The van der Waals surface area contributed by atoms with Crippen molar-refractivity contribution in [3.8, 4) is 0 Å². The molecule has 2 saturated heterocycles. The summed E-state index contributed by atoms with van der Waals surface area (Å²) in [6.45, 7) is 6.30. The first-order valence-corrected chi connectivity index (χ1v) is 9.00. The molecule has 0 aromatic rings. The number of thioether (sulfide) groups is 1. The van der Waals surface area contributed by atoms with Gasteiger partial charge >= 0.3 is 0 Å². The van der Waals surface area contributed by atoms with Gasteiger partial charge in [0.15, 0.2) is 0 Å². The lowest BCUT2D eigenvalue weighted by molar-refractivity contribution is 0.0728. The standard InChI is InChI=1S/C15H28N2S/c1-13-10-16-15(6-2-3-7-15)12-17(13)11-14-4-8-18-9-5-14/h13-14,16H,2-12H2,1H3. The van der Waals surface area contributed by atoms with Gasteiger partial charge in [-0.25, -0.2) is 0 Å². The number of hydrogen-bond donors (Lipinski definition) is 1. The van der Waals surface area contributed by atoms with Crippen molar-refractivity contribution in [2.24, 2.45) is 5.92 Å². The smallest absolute Gasteiger partial charge is 0.0309 e. The van der Waals surface area contributed by atoms with Crippen LogP contribution in [-0.2, 0) is 0 Å². The summed E-state index contributed by atoms with van der Waals surface area (Å²) < 4.78 is 0. The maximum absolute atomic E-state index is 3.87. The molecule has 2 heterocycles. The van der Waals surface area contributed by atoms with Crippen LogP contribution in [0.15, 0.2) is 0 Å². The van der Waals surface area contributed by atoms with E-state index in [4.69, 9.17) is 0 Å². The molecule has 3 fully saturated rings. The Bertz CT molecular complexity index is 270. The monoisotopic (exact) mass is 268 g/mol. The zero-order chi connectivity index (χ0) is 12.4. The van der Waals surface area contributed by atoms with Crippen LogP contribution < -0.4 is 5.32 Å². The van der Waals surface area contributed by atoms with E-state index in [0.29, 0.717) is 5.54 Å². The van der Waals surface area contributed by atoms with Crippen molar-refractivity contribution in [1.29, 1.82) is 0 Å². The van der Waals surface area contributed by atoms with Crippen LogP contribution in [0, 0.1) is 5.92 Å². The SMILES string of the molecule is CC1CNC2(CCCC2)CN1CC1CCSCC1. The quantitative estimate of drug-likeness (QED) is 0.829. The summed E-state index contributed by atoms with van der Waals surface area (Å²) in [5, 5.41) is 3.87. The third kappa shape index (κ3) is 2.88. The van der Waals surface area contributed by atoms with E-state index in [0.717, 1.165) is 12.0 Å². The molecule has 1 saturated carbocycles. The maximum Gasteiger partial charge on any atom is 0.0309 e. The van der Waals surface area contributed by atoms with Crippen molar-refractivity contribution in [3.63, 3.8) is 0 Å². The lowest BCUT2D eigenvalue weighted by Gasteiger charge is -2.46. The predicted octanol–water partition coefficient (Wildman–Crippen LogP) is 2.74. The molecule has 104 valence electrons. The van der Waals surface area contributed by atoms with Crippen LogP contribution in [0.4, 0.5) is 0 Å². The molecule has 0 aromatic carbocycles. The molecule has 2 aliphatic heterocycles. The van der Waals surface area contributed by atoms with Crippen LogP contribution in [0.2, 0.25) is 0 Å². The highest BCUT2D eigenvalue weighted by Crippen LogP contribution is 2.34. The van der Waals surface area contributed by atoms with Crippen molar-refractivity contribution in [2.75, 3.05) is 31.1 Å². The van der Waals surface area contributed by atoms with E-state index in [9.17, 15) is 0 Å². The average molecular weight is 268 g/mol. The van der Waals surface area contributed by atoms with Crippen molar-refractivity contribution in [1.82, 2.24) is 10.2 Å². The summed E-state index contributed by atoms with van der Waals surface area (Å²) in [5.74, 6) is 3.78. The highest BCUT2D eigenvalue weighted by molar-refractivity contribution is 7.99. The van der Waals surface area contributed by atoms with Crippen molar-refractivity contribution < 1.29 is 0 Å². The highest BCUT2D eigenvalue weighted by Gasteiger charge is 2.40. The van der Waals surface area contributed by atoms with Crippen LogP contribution >= 0.6 is 11.8 Å². The number of nitrogens with zero attached hydrogens (tertiary/aromatic N) is 1. The number of piperazine rings is 1. The van der Waals surface area contributed by atoms with E-state index in [1.165, 1.54) is 69.7 Å². The Hall–Kier alpha value is 0.270. The molecule has 1 atom stereocenters. The van der Waals surface area contributed by atoms with Crippen LogP contribution in [0.5, 0.6) is 0 Å². The largest absolute Gasteiger partial charge is 0.308 e. The summed E-state index contributed by atoms with van der Waals surface area (Å²) in [6.07, 6.45) is 8.61. The van der Waals surface area contributed by atoms with Gasteiger partial charge in [0, 0.05) is 31.2 Å². The first-order chi connectivity index (χ1) is 8.77. The minimum Gasteiger partial charge on any atom is -0.308 e. The van der Waals surface area contributed by atoms with Gasteiger partial charge in [-0.15, -0.1) is 0 Å². The number of rotatable bonds is 2. The van der Waals surface area contributed by atoms with Crippen LogP contribution in [0.3, 0.4) is 0 Å². The number of nitrogens with one attached hydrogen (secondary N) is 1. The minimum atomic E-state index is 0.496. The van der Waals surface area contributed by atoms with Gasteiger partial charge in [0.05, 0.1) is 0 Å². The molecular formula is C15H28N2S. The van der Waals surface area contributed by atoms with Gasteiger partial charge in [-0.05, 0) is 50.0 Å². The first kappa shape index (κ1) is 13.3. The maximum atomic E-state index is 3.87. The average Bonchev–Trinajstić information content (AvgIpc) is 2.84. The molecule has 0 bridgehead atoms. The van der Waals surface area contributed by atoms with E-state index in [1.807, 2.05) is 0 Å². The van der Waals surface area contributed by atoms with E-state index >= 15 is 0 Å². The molecule has 3 aliphatic rings. The zero-order valence-electron chi connectivity index (χ0n) is 11.8. The molecule has 0 amide bonds. The second-order valence-electron chi connectivity index (χ2n) is 6.70. The van der Waals surface area contributed by atoms with E-state index in [-0.39, 0.29) is 0 Å². The lowest BCUT2D eigenvalue weighted by atomic mass is 9.91. The molecule has 3 rings (SSSR count). The fraction of sp³-hybridized carbons (Fsp3) is 1.00. The molecule has 1 N–H and O–H groups in total. The van der Waals surface area contributed by atoms with Crippen molar-refractivity contribution in [3.05, 3.63) is 0 Å². The summed E-state index contributed by atoms with van der Waals surface area (Å²) in [5.41, 5.74) is 0.496. The Kier molecular flexibility index (Phi) is 4.21. The summed E-state index contributed by atoms with van der Waals surface area (Å²) in [7, 11) is 0. The van der Waals surface area contributed by atoms with Crippen LogP contribution in [0.25, 0.3) is 0 Å². The summed E-state index contributed by atoms with van der Waals surface area (Å²) in [6, 6.07) is 0.741. The number of hydrogen-bond acceptors (Lipinski definition) is 3. The first-order valence-electron chi connectivity index (χ1n) is 7.84. The minimum absolute atomic E-state index is 0.496. The van der Waals surface area contributed by atoms with Gasteiger partial charge in [0.1, 0.15) is 0 Å². The normalized spacial score (nSPS) is 34.2. The molecule has 2 nitrogen and oxygen atoms in total. The van der Waals surface area contributed by atoms with Gasteiger partial charge in [-0.1, -0.05) is 12.8 Å². The summed E-state index contributed by atoms with van der Waals surface area (Å²) >= 11 is 2.15. The summed E-state index contributed by atoms with van der Waals surface area (Å²) in [4.78, 5) is 2.81. The van der Waals surface area contributed by atoms with Gasteiger partial charge in [-0.3, -0.25) is 4.90 Å². The van der Waals surface area contributed by atoms with Crippen LogP contribution in [0.1, 0.15) is 45.4 Å². The van der Waals surface area contributed by atoms with E-state index in [2.05, 4.69) is 28.9 Å². The molecule has 1 aliphatic carbocycles. The molecule has 1 spiro atoms. The van der Waals surface area contributed by atoms with Crippen LogP contribution in [-0.4, -0.2) is 47.6 Å². The Morgan fingerprint density at radius 1 is 1.22 bits per heavy atom. The molecule has 3 heteroatoms. The molecule has 18 heavy (non-hydrogen) atoms. The topological polar surface area (TPSA) is 15.3 Å². The fourth-order valence-corrected chi connectivity index (χ4v) is 5.19. The Morgan fingerprint density at radius 3 is 2.67 bits per heavy atom. The Balaban J connectivity index is 1.58. The van der Waals surface area contributed by atoms with Gasteiger partial charge < -0.3 is 5.32 Å². The van der Waals surface area contributed by atoms with Gasteiger partial charge in [0.25, 0.3) is 0 Å².